The number of fused-ring (bicyclic) bond motifs is 1. The second kappa shape index (κ2) is 5.11. The fraction of sp³-hybridized carbons (Fsp3) is 0.571. The summed E-state index contributed by atoms with van der Waals surface area (Å²) in [5, 5.41) is 0. The molecule has 0 bridgehead atoms. The zero-order valence-corrected chi connectivity index (χ0v) is 10.9. The van der Waals surface area contributed by atoms with Crippen molar-refractivity contribution >= 4 is 58.0 Å². The van der Waals surface area contributed by atoms with Crippen LogP contribution in [0.15, 0.2) is 13.2 Å². The van der Waals surface area contributed by atoms with Gasteiger partial charge in [0.2, 0.25) is 0 Å². The van der Waals surface area contributed by atoms with E-state index in [0.717, 1.165) is 11.5 Å². The minimum atomic E-state index is 0.248. The van der Waals surface area contributed by atoms with E-state index in [1.807, 2.05) is 35.3 Å². The lowest BCUT2D eigenvalue weighted by molar-refractivity contribution is 1.48. The summed E-state index contributed by atoms with van der Waals surface area (Å²) in [5.41, 5.74) is 0. The van der Waals surface area contributed by atoms with Crippen molar-refractivity contribution in [2.75, 3.05) is 23.0 Å². The highest BCUT2D eigenvalue weighted by atomic mass is 32.2. The summed E-state index contributed by atoms with van der Waals surface area (Å²) < 4.78 is 2.75. The average Bonchev–Trinajstić information content (AvgIpc) is 2.46. The van der Waals surface area contributed by atoms with Gasteiger partial charge in [0.25, 0.3) is 4.06 Å². The normalized spacial score (nSPS) is 18.5. The fourth-order valence-corrected chi connectivity index (χ4v) is 7.43. The summed E-state index contributed by atoms with van der Waals surface area (Å²) in [6.07, 6.45) is 0. The van der Waals surface area contributed by atoms with Crippen molar-refractivity contribution in [1.82, 2.24) is 0 Å². The Bertz CT molecular complexity index is 299. The van der Waals surface area contributed by atoms with Crippen molar-refractivity contribution in [3.8, 4) is 0 Å². The van der Waals surface area contributed by atoms with Crippen LogP contribution < -0.4 is 4.06 Å². The first kappa shape index (κ1) is 10.4. The largest absolute Gasteiger partial charge is 0.289 e. The Morgan fingerprint density at radius 1 is 0.846 bits per heavy atom. The maximum Gasteiger partial charge on any atom is 0.289 e. The van der Waals surface area contributed by atoms with Crippen molar-refractivity contribution in [3.05, 3.63) is 8.85 Å². The third-order valence-electron chi connectivity index (χ3n) is 1.44. The van der Waals surface area contributed by atoms with Crippen LogP contribution in [-0.2, 0) is 0 Å². The topological polar surface area (TPSA) is 17.1 Å². The third-order valence-corrected chi connectivity index (χ3v) is 8.03. The molecular weight excluding hydrogens is 260 g/mol. The van der Waals surface area contributed by atoms with E-state index in [0.29, 0.717) is 0 Å². The minimum absolute atomic E-state index is 0.248. The maximum atomic E-state index is 11.2. The molecule has 0 aliphatic carbocycles. The van der Waals surface area contributed by atoms with Crippen molar-refractivity contribution in [1.29, 1.82) is 0 Å². The molecule has 0 amide bonds. The van der Waals surface area contributed by atoms with Gasteiger partial charge in [0, 0.05) is 23.0 Å². The molecular formula is C7H8OS5. The highest BCUT2D eigenvalue weighted by Gasteiger charge is 2.11. The summed E-state index contributed by atoms with van der Waals surface area (Å²) in [6, 6.07) is 0. The zero-order chi connectivity index (χ0) is 9.10. The quantitative estimate of drug-likeness (QED) is 0.719. The smallest absolute Gasteiger partial charge is 0.265 e. The predicted molar refractivity (Wildman–Crippen MR) is 67.2 cm³/mol. The van der Waals surface area contributed by atoms with E-state index in [9.17, 15) is 4.79 Å². The van der Waals surface area contributed by atoms with E-state index in [4.69, 9.17) is 0 Å². The summed E-state index contributed by atoms with van der Waals surface area (Å²) in [7, 11) is 0. The number of thioether (sulfide) groups is 3. The van der Waals surface area contributed by atoms with Gasteiger partial charge >= 0.3 is 0 Å². The Morgan fingerprint density at radius 2 is 1.38 bits per heavy atom. The van der Waals surface area contributed by atoms with Crippen LogP contribution in [0.4, 0.5) is 0 Å². The van der Waals surface area contributed by atoms with E-state index in [-0.39, 0.29) is 4.06 Å². The maximum absolute atomic E-state index is 11.2. The second-order valence-electron chi connectivity index (χ2n) is 2.34. The van der Waals surface area contributed by atoms with Crippen LogP contribution in [-0.4, -0.2) is 23.0 Å². The molecule has 0 atom stereocenters. The van der Waals surface area contributed by atoms with Gasteiger partial charge < -0.3 is 0 Å². The summed E-state index contributed by atoms with van der Waals surface area (Å²) in [4.78, 5) is 11.2. The lowest BCUT2D eigenvalue weighted by Crippen LogP contribution is -1.86. The lowest BCUT2D eigenvalue weighted by atomic mass is 10.9. The van der Waals surface area contributed by atoms with Crippen molar-refractivity contribution in [2.24, 2.45) is 0 Å². The standard InChI is InChI=1S/C7H8OS5/c8-7-12-5-6(13-7)11-4-2-9-1-3-10-5/h1-4H2. The van der Waals surface area contributed by atoms with Crippen LogP contribution >= 0.6 is 58.0 Å². The Kier molecular flexibility index (Phi) is 4.10. The Labute approximate surface area is 97.7 Å². The second-order valence-corrected chi connectivity index (χ2v) is 8.52. The molecule has 1 aromatic rings. The molecule has 0 saturated heterocycles. The number of rotatable bonds is 0. The molecule has 0 saturated carbocycles. The van der Waals surface area contributed by atoms with Gasteiger partial charge in [-0.3, -0.25) is 4.79 Å². The van der Waals surface area contributed by atoms with E-state index >= 15 is 0 Å². The first-order valence-electron chi connectivity index (χ1n) is 3.83. The molecule has 6 heteroatoms. The van der Waals surface area contributed by atoms with Crippen LogP contribution in [0.5, 0.6) is 0 Å². The highest BCUT2D eigenvalue weighted by Crippen LogP contribution is 2.37. The molecule has 0 aromatic carbocycles. The summed E-state index contributed by atoms with van der Waals surface area (Å²) in [5.74, 6) is 4.71. The van der Waals surface area contributed by atoms with Crippen LogP contribution in [0, 0.1) is 0 Å². The SMILES string of the molecule is O=c1sc2c(s1)SCCSCCS2. The van der Waals surface area contributed by atoms with Crippen molar-refractivity contribution < 1.29 is 0 Å². The van der Waals surface area contributed by atoms with E-state index < -0.39 is 0 Å². The Balaban J connectivity index is 2.21. The molecule has 0 radical (unpaired) electrons. The minimum Gasteiger partial charge on any atom is -0.265 e. The van der Waals surface area contributed by atoms with E-state index in [2.05, 4.69) is 0 Å². The molecule has 2 rings (SSSR count). The third kappa shape index (κ3) is 2.92. The molecule has 0 fully saturated rings. The van der Waals surface area contributed by atoms with Crippen LogP contribution in [0.25, 0.3) is 0 Å². The van der Waals surface area contributed by atoms with Gasteiger partial charge in [0.1, 0.15) is 0 Å². The zero-order valence-electron chi connectivity index (χ0n) is 6.78. The Morgan fingerprint density at radius 3 is 1.92 bits per heavy atom. The molecule has 0 unspecified atom stereocenters. The van der Waals surface area contributed by atoms with Crippen LogP contribution in [0.2, 0.25) is 0 Å². The van der Waals surface area contributed by atoms with E-state index in [1.54, 1.807) is 0 Å². The molecule has 1 nitrogen and oxygen atoms in total. The van der Waals surface area contributed by atoms with Gasteiger partial charge in [-0.25, -0.2) is 0 Å². The van der Waals surface area contributed by atoms with Gasteiger partial charge in [-0.2, -0.15) is 11.8 Å². The fourth-order valence-electron chi connectivity index (χ4n) is 0.921. The van der Waals surface area contributed by atoms with Gasteiger partial charge in [0.15, 0.2) is 0 Å². The molecule has 1 aromatic heterocycles. The monoisotopic (exact) mass is 268 g/mol. The first-order chi connectivity index (χ1) is 6.36. The molecule has 0 N–H and O–H groups in total. The molecule has 72 valence electrons. The van der Waals surface area contributed by atoms with Gasteiger partial charge in [-0.1, -0.05) is 22.7 Å². The molecule has 1 aliphatic rings. The van der Waals surface area contributed by atoms with Gasteiger partial charge in [-0.05, 0) is 0 Å². The van der Waals surface area contributed by atoms with Gasteiger partial charge in [0.05, 0.1) is 8.42 Å². The van der Waals surface area contributed by atoms with Crippen LogP contribution in [0.3, 0.4) is 0 Å². The first-order valence-corrected chi connectivity index (χ1v) is 8.59. The molecule has 13 heavy (non-hydrogen) atoms. The molecule has 2 heterocycles. The van der Waals surface area contributed by atoms with Crippen molar-refractivity contribution in [2.45, 2.75) is 8.42 Å². The lowest BCUT2D eigenvalue weighted by Gasteiger charge is -1.95. The highest BCUT2D eigenvalue weighted by molar-refractivity contribution is 8.07. The van der Waals surface area contributed by atoms with E-state index in [1.165, 1.54) is 42.6 Å². The summed E-state index contributed by atoms with van der Waals surface area (Å²) >= 11 is 8.53. The van der Waals surface area contributed by atoms with Gasteiger partial charge in [-0.15, -0.1) is 23.5 Å². The number of hydrogen-bond donors (Lipinski definition) is 0. The molecule has 0 spiro atoms. The number of hydrogen-bond acceptors (Lipinski definition) is 6. The summed E-state index contributed by atoms with van der Waals surface area (Å²) in [6.45, 7) is 0. The van der Waals surface area contributed by atoms with Crippen molar-refractivity contribution in [3.63, 3.8) is 0 Å². The molecule has 1 aliphatic heterocycles. The Hall–Kier alpha value is 0.900. The van der Waals surface area contributed by atoms with Crippen LogP contribution in [0.1, 0.15) is 0 Å². The average molecular weight is 268 g/mol. The predicted octanol–water partition coefficient (Wildman–Crippen LogP) is 3.10.